The minimum absolute atomic E-state index is 0.0297. The average Bonchev–Trinajstić information content (AvgIpc) is 3.46. The van der Waals surface area contributed by atoms with Gasteiger partial charge in [0.25, 0.3) is 0 Å². The zero-order valence-electron chi connectivity index (χ0n) is 20.0. The van der Waals surface area contributed by atoms with Gasteiger partial charge in [0.05, 0.1) is 12.1 Å². The maximum atomic E-state index is 13.1. The van der Waals surface area contributed by atoms with E-state index in [1.807, 2.05) is 11.5 Å². The molecule has 0 spiro atoms. The van der Waals surface area contributed by atoms with Crippen molar-refractivity contribution in [3.8, 4) is 0 Å². The van der Waals surface area contributed by atoms with Crippen LogP contribution >= 0.6 is 0 Å². The van der Waals surface area contributed by atoms with Gasteiger partial charge in [-0.1, -0.05) is 6.92 Å². The number of halogens is 3. The fraction of sp³-hybridized carbons (Fsp3) is 0.667. The van der Waals surface area contributed by atoms with Gasteiger partial charge < -0.3 is 19.7 Å². The van der Waals surface area contributed by atoms with Crippen molar-refractivity contribution in [2.24, 2.45) is 0 Å². The van der Waals surface area contributed by atoms with E-state index in [9.17, 15) is 18.0 Å². The first-order valence-corrected chi connectivity index (χ1v) is 12.5. The Hall–Kier alpha value is -2.69. The summed E-state index contributed by atoms with van der Waals surface area (Å²) >= 11 is 0. The van der Waals surface area contributed by atoms with Crippen molar-refractivity contribution in [2.75, 3.05) is 42.9 Å². The van der Waals surface area contributed by atoms with Gasteiger partial charge in [0.15, 0.2) is 0 Å². The first kappa shape index (κ1) is 24.0. The van der Waals surface area contributed by atoms with Crippen molar-refractivity contribution in [1.29, 1.82) is 0 Å². The summed E-state index contributed by atoms with van der Waals surface area (Å²) in [6.07, 6.45) is 2.16. The van der Waals surface area contributed by atoms with Crippen molar-refractivity contribution in [2.45, 2.75) is 70.0 Å². The van der Waals surface area contributed by atoms with Crippen LogP contribution < -0.4 is 10.2 Å². The van der Waals surface area contributed by atoms with E-state index in [0.29, 0.717) is 18.8 Å². The van der Waals surface area contributed by atoms with Crippen LogP contribution in [0.3, 0.4) is 0 Å². The van der Waals surface area contributed by atoms with Gasteiger partial charge in [0.1, 0.15) is 23.8 Å². The SMILES string of the molecule is CC1CC(=O)Nc2ncnc(N3CCC(c4nc(CC(F)(F)F)cn4CCN4CCCC4)CC3)c21. The van der Waals surface area contributed by atoms with E-state index in [4.69, 9.17) is 0 Å². The topological polar surface area (TPSA) is 79.2 Å². The molecule has 0 bridgehead atoms. The van der Waals surface area contributed by atoms with E-state index in [-0.39, 0.29) is 23.4 Å². The molecule has 1 unspecified atom stereocenters. The molecule has 0 aliphatic carbocycles. The second-order valence-electron chi connectivity index (χ2n) is 10.00. The number of carbonyl (C=O) groups excluding carboxylic acids is 1. The van der Waals surface area contributed by atoms with E-state index in [1.54, 1.807) is 6.20 Å². The molecular formula is C24H32F3N7O. The number of hydrogen-bond donors (Lipinski definition) is 1. The molecule has 1 N–H and O–H groups in total. The Morgan fingerprint density at radius 3 is 2.54 bits per heavy atom. The lowest BCUT2D eigenvalue weighted by molar-refractivity contribution is -0.127. The highest BCUT2D eigenvalue weighted by Crippen LogP contribution is 2.38. The second-order valence-corrected chi connectivity index (χ2v) is 10.00. The first-order chi connectivity index (χ1) is 16.8. The van der Waals surface area contributed by atoms with Gasteiger partial charge in [-0.2, -0.15) is 13.2 Å². The quantitative estimate of drug-likeness (QED) is 0.664. The van der Waals surface area contributed by atoms with E-state index in [2.05, 4.69) is 30.1 Å². The number of fused-ring (bicyclic) bond motifs is 1. The number of piperidine rings is 1. The lowest BCUT2D eigenvalue weighted by Gasteiger charge is -2.35. The second kappa shape index (κ2) is 9.75. The van der Waals surface area contributed by atoms with Crippen molar-refractivity contribution >= 4 is 17.5 Å². The van der Waals surface area contributed by atoms with E-state index in [0.717, 1.165) is 62.8 Å². The number of aromatic nitrogens is 4. The van der Waals surface area contributed by atoms with Gasteiger partial charge in [-0.3, -0.25) is 4.79 Å². The number of rotatable bonds is 6. The van der Waals surface area contributed by atoms with Gasteiger partial charge in [0.2, 0.25) is 5.91 Å². The van der Waals surface area contributed by atoms with Crippen molar-refractivity contribution in [3.05, 3.63) is 29.6 Å². The van der Waals surface area contributed by atoms with Crippen LogP contribution in [-0.2, 0) is 17.8 Å². The molecule has 0 aromatic carbocycles. The summed E-state index contributed by atoms with van der Waals surface area (Å²) in [4.78, 5) is 29.8. The number of amides is 1. The Bertz CT molecular complexity index is 1060. The highest BCUT2D eigenvalue weighted by atomic mass is 19.4. The number of imidazole rings is 1. The normalized spacial score (nSPS) is 21.9. The summed E-state index contributed by atoms with van der Waals surface area (Å²) in [5.74, 6) is 2.28. The minimum atomic E-state index is -4.27. The highest BCUT2D eigenvalue weighted by Gasteiger charge is 2.33. The Morgan fingerprint density at radius 2 is 1.83 bits per heavy atom. The molecule has 1 atom stereocenters. The number of carbonyl (C=O) groups is 1. The molecule has 11 heteroatoms. The Balaban J connectivity index is 1.31. The van der Waals surface area contributed by atoms with Crippen LogP contribution in [0.5, 0.6) is 0 Å². The zero-order chi connectivity index (χ0) is 24.6. The zero-order valence-corrected chi connectivity index (χ0v) is 20.0. The molecule has 5 rings (SSSR count). The summed E-state index contributed by atoms with van der Waals surface area (Å²) in [6.45, 7) is 7.07. The van der Waals surface area contributed by atoms with Crippen LogP contribution in [-0.4, -0.2) is 69.2 Å². The standard InChI is InChI=1S/C24H32F3N7O/c1-16-12-19(35)31-21-20(16)23(29-15-28-21)33-8-4-17(5-9-33)22-30-18(13-24(25,26)27)14-34(22)11-10-32-6-2-3-7-32/h14-17H,2-13H2,1H3,(H,28,29,31,35). The lowest BCUT2D eigenvalue weighted by atomic mass is 9.92. The third kappa shape index (κ3) is 5.44. The summed E-state index contributed by atoms with van der Waals surface area (Å²) < 4.78 is 41.2. The smallest absolute Gasteiger partial charge is 0.356 e. The molecule has 35 heavy (non-hydrogen) atoms. The summed E-state index contributed by atoms with van der Waals surface area (Å²) in [7, 11) is 0. The van der Waals surface area contributed by atoms with Gasteiger partial charge in [-0.25, -0.2) is 15.0 Å². The Morgan fingerprint density at radius 1 is 1.09 bits per heavy atom. The molecule has 2 aromatic rings. The molecule has 190 valence electrons. The molecule has 8 nitrogen and oxygen atoms in total. The van der Waals surface area contributed by atoms with Crippen molar-refractivity contribution in [1.82, 2.24) is 24.4 Å². The Kier molecular flexibility index (Phi) is 6.69. The minimum Gasteiger partial charge on any atom is -0.356 e. The number of nitrogens with zero attached hydrogens (tertiary/aromatic N) is 6. The highest BCUT2D eigenvalue weighted by molar-refractivity contribution is 5.94. The molecule has 0 radical (unpaired) electrons. The number of likely N-dealkylation sites (tertiary alicyclic amines) is 1. The van der Waals surface area contributed by atoms with E-state index < -0.39 is 12.6 Å². The van der Waals surface area contributed by atoms with Crippen LogP contribution in [0.25, 0.3) is 0 Å². The number of anilines is 2. The molecule has 5 heterocycles. The van der Waals surface area contributed by atoms with Crippen LogP contribution in [0.1, 0.15) is 67.9 Å². The largest absolute Gasteiger partial charge is 0.394 e. The van der Waals surface area contributed by atoms with E-state index >= 15 is 0 Å². The maximum absolute atomic E-state index is 13.1. The molecule has 2 aromatic heterocycles. The predicted octanol–water partition coefficient (Wildman–Crippen LogP) is 3.70. The fourth-order valence-electron chi connectivity index (χ4n) is 5.64. The third-order valence-electron chi connectivity index (χ3n) is 7.36. The van der Waals surface area contributed by atoms with Crippen molar-refractivity contribution < 1.29 is 18.0 Å². The summed E-state index contributed by atoms with van der Waals surface area (Å²) in [6, 6.07) is 0. The predicted molar refractivity (Wildman–Crippen MR) is 126 cm³/mol. The molecule has 2 fully saturated rings. The average molecular weight is 492 g/mol. The van der Waals surface area contributed by atoms with Crippen LogP contribution in [0, 0.1) is 0 Å². The van der Waals surface area contributed by atoms with Gasteiger partial charge in [0, 0.05) is 50.3 Å². The fourth-order valence-corrected chi connectivity index (χ4v) is 5.64. The van der Waals surface area contributed by atoms with Gasteiger partial charge >= 0.3 is 6.18 Å². The third-order valence-corrected chi connectivity index (χ3v) is 7.36. The molecule has 2 saturated heterocycles. The molecule has 0 saturated carbocycles. The van der Waals surface area contributed by atoms with Crippen LogP contribution in [0.4, 0.5) is 24.8 Å². The Labute approximate surface area is 202 Å². The van der Waals surface area contributed by atoms with Crippen LogP contribution in [0.2, 0.25) is 0 Å². The number of nitrogens with one attached hydrogen (secondary N) is 1. The molecular weight excluding hydrogens is 459 g/mol. The molecule has 3 aliphatic heterocycles. The molecule has 1 amide bonds. The van der Waals surface area contributed by atoms with E-state index in [1.165, 1.54) is 19.2 Å². The summed E-state index contributed by atoms with van der Waals surface area (Å²) in [5, 5.41) is 2.84. The maximum Gasteiger partial charge on any atom is 0.394 e. The molecule has 3 aliphatic rings. The number of alkyl halides is 3. The van der Waals surface area contributed by atoms with Gasteiger partial charge in [-0.15, -0.1) is 0 Å². The first-order valence-electron chi connectivity index (χ1n) is 12.5. The van der Waals surface area contributed by atoms with Gasteiger partial charge in [-0.05, 0) is 44.7 Å². The monoisotopic (exact) mass is 491 g/mol. The van der Waals surface area contributed by atoms with Crippen molar-refractivity contribution in [3.63, 3.8) is 0 Å². The number of hydrogen-bond acceptors (Lipinski definition) is 6. The van der Waals surface area contributed by atoms with Crippen LogP contribution in [0.15, 0.2) is 12.5 Å². The summed E-state index contributed by atoms with van der Waals surface area (Å²) in [5.41, 5.74) is 1.07. The lowest BCUT2D eigenvalue weighted by Crippen LogP contribution is -2.36.